The van der Waals surface area contributed by atoms with Crippen LogP contribution in [0, 0.1) is 5.92 Å². The SMILES string of the molecule is CC1CN(C)CCC1NS(=O)(=O)c1csc(CN)c1. The monoisotopic (exact) mass is 303 g/mol. The molecule has 2 atom stereocenters. The van der Waals surface area contributed by atoms with Crippen molar-refractivity contribution >= 4 is 21.4 Å². The van der Waals surface area contributed by atoms with Crippen LogP contribution in [-0.2, 0) is 16.6 Å². The van der Waals surface area contributed by atoms with Crippen LogP contribution in [0.15, 0.2) is 16.3 Å². The van der Waals surface area contributed by atoms with Crippen LogP contribution in [-0.4, -0.2) is 39.5 Å². The second-order valence-electron chi connectivity index (χ2n) is 5.21. The van der Waals surface area contributed by atoms with Crippen molar-refractivity contribution in [1.29, 1.82) is 0 Å². The van der Waals surface area contributed by atoms with Crippen LogP contribution in [0.5, 0.6) is 0 Å². The molecular formula is C12H21N3O2S2. The van der Waals surface area contributed by atoms with E-state index >= 15 is 0 Å². The zero-order chi connectivity index (χ0) is 14.0. The number of nitrogens with one attached hydrogen (secondary N) is 1. The van der Waals surface area contributed by atoms with Gasteiger partial charge in [-0.15, -0.1) is 11.3 Å². The van der Waals surface area contributed by atoms with E-state index in [0.717, 1.165) is 24.4 Å². The quantitative estimate of drug-likeness (QED) is 0.864. The number of hydrogen-bond donors (Lipinski definition) is 2. The second kappa shape index (κ2) is 5.88. The summed E-state index contributed by atoms with van der Waals surface area (Å²) in [5.74, 6) is 0.320. The molecule has 0 aromatic carbocycles. The Labute approximate surface area is 118 Å². The van der Waals surface area contributed by atoms with Gasteiger partial charge in [-0.25, -0.2) is 13.1 Å². The Morgan fingerprint density at radius 1 is 1.58 bits per heavy atom. The fourth-order valence-corrected chi connectivity index (χ4v) is 4.94. The van der Waals surface area contributed by atoms with Crippen LogP contribution in [0.25, 0.3) is 0 Å². The number of sulfonamides is 1. The van der Waals surface area contributed by atoms with Gasteiger partial charge in [0, 0.05) is 29.4 Å². The van der Waals surface area contributed by atoms with E-state index in [1.165, 1.54) is 11.3 Å². The van der Waals surface area contributed by atoms with Gasteiger partial charge in [0.1, 0.15) is 0 Å². The Hall–Kier alpha value is -0.470. The molecule has 1 aliphatic rings. The number of hydrogen-bond acceptors (Lipinski definition) is 5. The first-order valence-corrected chi connectivity index (χ1v) is 8.77. The van der Waals surface area contributed by atoms with Gasteiger partial charge >= 0.3 is 0 Å². The third kappa shape index (κ3) is 3.55. The highest BCUT2D eigenvalue weighted by Gasteiger charge is 2.29. The number of nitrogens with two attached hydrogens (primary N) is 1. The van der Waals surface area contributed by atoms with E-state index in [2.05, 4.69) is 23.6 Å². The topological polar surface area (TPSA) is 75.4 Å². The van der Waals surface area contributed by atoms with Gasteiger partial charge in [-0.1, -0.05) is 6.92 Å². The minimum absolute atomic E-state index is 0.0161. The van der Waals surface area contributed by atoms with Gasteiger partial charge in [0.25, 0.3) is 0 Å². The van der Waals surface area contributed by atoms with Gasteiger partial charge in [-0.05, 0) is 32.0 Å². The van der Waals surface area contributed by atoms with Gasteiger partial charge in [-0.3, -0.25) is 0 Å². The molecule has 2 heterocycles. The summed E-state index contributed by atoms with van der Waals surface area (Å²) in [6.07, 6.45) is 0.852. The molecular weight excluding hydrogens is 282 g/mol. The molecule has 0 amide bonds. The highest BCUT2D eigenvalue weighted by atomic mass is 32.2. The van der Waals surface area contributed by atoms with Gasteiger partial charge in [0.2, 0.25) is 10.0 Å². The lowest BCUT2D eigenvalue weighted by atomic mass is 9.95. The predicted molar refractivity (Wildman–Crippen MR) is 77.6 cm³/mol. The average Bonchev–Trinajstić information content (AvgIpc) is 2.82. The molecule has 0 saturated carbocycles. The van der Waals surface area contributed by atoms with Crippen LogP contribution in [0.1, 0.15) is 18.2 Å². The summed E-state index contributed by atoms with van der Waals surface area (Å²) in [7, 11) is -1.35. The molecule has 1 fully saturated rings. The number of likely N-dealkylation sites (tertiary alicyclic amines) is 1. The maximum absolute atomic E-state index is 12.3. The van der Waals surface area contributed by atoms with Gasteiger partial charge in [0.15, 0.2) is 0 Å². The molecule has 19 heavy (non-hydrogen) atoms. The summed E-state index contributed by atoms with van der Waals surface area (Å²) < 4.78 is 27.4. The Bertz CT molecular complexity index is 527. The van der Waals surface area contributed by atoms with Crippen molar-refractivity contribution < 1.29 is 8.42 Å². The summed E-state index contributed by atoms with van der Waals surface area (Å²) in [6.45, 7) is 4.31. The minimum Gasteiger partial charge on any atom is -0.326 e. The molecule has 0 aliphatic carbocycles. The molecule has 5 nitrogen and oxygen atoms in total. The van der Waals surface area contributed by atoms with E-state index in [0.29, 0.717) is 17.4 Å². The maximum Gasteiger partial charge on any atom is 0.241 e. The molecule has 108 valence electrons. The molecule has 1 aromatic heterocycles. The number of piperidine rings is 1. The van der Waals surface area contributed by atoms with Crippen molar-refractivity contribution in [2.24, 2.45) is 11.7 Å². The smallest absolute Gasteiger partial charge is 0.241 e. The van der Waals surface area contributed by atoms with Crippen molar-refractivity contribution in [2.75, 3.05) is 20.1 Å². The highest BCUT2D eigenvalue weighted by molar-refractivity contribution is 7.89. The lowest BCUT2D eigenvalue weighted by molar-refractivity contribution is 0.188. The minimum atomic E-state index is -3.41. The fraction of sp³-hybridized carbons (Fsp3) is 0.667. The predicted octanol–water partition coefficient (Wildman–Crippen LogP) is 0.825. The first kappa shape index (κ1) is 14.9. The Kier molecular flexibility index (Phi) is 4.62. The Morgan fingerprint density at radius 3 is 2.89 bits per heavy atom. The van der Waals surface area contributed by atoms with Crippen molar-refractivity contribution in [3.05, 3.63) is 16.3 Å². The van der Waals surface area contributed by atoms with Gasteiger partial charge in [-0.2, -0.15) is 0 Å². The summed E-state index contributed by atoms with van der Waals surface area (Å²) in [6, 6.07) is 1.68. The van der Waals surface area contributed by atoms with Gasteiger partial charge < -0.3 is 10.6 Å². The summed E-state index contributed by atoms with van der Waals surface area (Å²) in [5, 5.41) is 1.66. The third-order valence-electron chi connectivity index (χ3n) is 3.56. The van der Waals surface area contributed by atoms with E-state index < -0.39 is 10.0 Å². The molecule has 7 heteroatoms. The normalized spacial score (nSPS) is 25.6. The van der Waals surface area contributed by atoms with Crippen LogP contribution in [0.4, 0.5) is 0 Å². The van der Waals surface area contributed by atoms with Crippen LogP contribution in [0.3, 0.4) is 0 Å². The van der Waals surface area contributed by atoms with Crippen molar-refractivity contribution in [1.82, 2.24) is 9.62 Å². The zero-order valence-corrected chi connectivity index (χ0v) is 12.9. The van der Waals surface area contributed by atoms with Gasteiger partial charge in [0.05, 0.1) is 4.90 Å². The molecule has 1 aromatic rings. The van der Waals surface area contributed by atoms with Crippen LogP contribution in [0.2, 0.25) is 0 Å². The summed E-state index contributed by atoms with van der Waals surface area (Å²) in [4.78, 5) is 3.45. The second-order valence-corrected chi connectivity index (χ2v) is 7.92. The lowest BCUT2D eigenvalue weighted by Gasteiger charge is -2.34. The number of rotatable bonds is 4. The first-order valence-electron chi connectivity index (χ1n) is 6.40. The standard InChI is InChI=1S/C12H21N3O2S2/c1-9-7-15(2)4-3-12(9)14-19(16,17)11-5-10(6-13)18-8-11/h5,8-9,12,14H,3-4,6-7,13H2,1-2H3. The van der Waals surface area contributed by atoms with Crippen LogP contribution < -0.4 is 10.5 Å². The fourth-order valence-electron chi connectivity index (χ4n) is 2.40. The van der Waals surface area contributed by atoms with E-state index in [-0.39, 0.29) is 6.04 Å². The van der Waals surface area contributed by atoms with E-state index in [1.807, 2.05) is 0 Å². The number of nitrogens with zero attached hydrogens (tertiary/aromatic N) is 1. The molecule has 2 unspecified atom stereocenters. The van der Waals surface area contributed by atoms with E-state index in [9.17, 15) is 8.42 Å². The molecule has 0 radical (unpaired) electrons. The molecule has 1 aliphatic heterocycles. The maximum atomic E-state index is 12.3. The molecule has 0 bridgehead atoms. The zero-order valence-electron chi connectivity index (χ0n) is 11.3. The summed E-state index contributed by atoms with van der Waals surface area (Å²) >= 11 is 1.39. The molecule has 3 N–H and O–H groups in total. The number of thiophene rings is 1. The first-order chi connectivity index (χ1) is 8.92. The third-order valence-corrected chi connectivity index (χ3v) is 6.13. The van der Waals surface area contributed by atoms with Crippen molar-refractivity contribution in [3.63, 3.8) is 0 Å². The highest BCUT2D eigenvalue weighted by Crippen LogP contribution is 2.22. The molecule has 2 rings (SSSR count). The molecule has 0 spiro atoms. The lowest BCUT2D eigenvalue weighted by Crippen LogP contribution is -2.48. The van der Waals surface area contributed by atoms with Crippen molar-refractivity contribution in [2.45, 2.75) is 30.8 Å². The van der Waals surface area contributed by atoms with Crippen LogP contribution >= 0.6 is 11.3 Å². The van der Waals surface area contributed by atoms with E-state index in [1.54, 1.807) is 11.4 Å². The Morgan fingerprint density at radius 2 is 2.32 bits per heavy atom. The van der Waals surface area contributed by atoms with E-state index in [4.69, 9.17) is 5.73 Å². The van der Waals surface area contributed by atoms with Crippen molar-refractivity contribution in [3.8, 4) is 0 Å². The summed E-state index contributed by atoms with van der Waals surface area (Å²) in [5.41, 5.74) is 5.52. The molecule has 1 saturated heterocycles. The average molecular weight is 303 g/mol. The Balaban J connectivity index is 2.08. The largest absolute Gasteiger partial charge is 0.326 e.